The molecule has 2 saturated carbocycles. The molecule has 59 heavy (non-hydrogen) atoms. The Morgan fingerprint density at radius 2 is 1.14 bits per heavy atom. The molecule has 2 fully saturated rings. The van der Waals surface area contributed by atoms with Gasteiger partial charge in [0.2, 0.25) is 0 Å². The standard InChI is InChI=1S/C53H90O3Si3/c1-40(2)48(56-59(51(10,11)12,46-29-22-20-23-30-46)47-31-24-21-25-32-47)34-33-41(3)53(15)36-35-43(52(53,13)14)28-26-27-42-37-44(54-57(16,17)49(4,5)6)39-45(38-42)55-58(18,19)50(7,8)9/h20-32,40-41,43-45,48H,33-39H2,1-19H3/b28-26+/t41-,43+,44+,45+,48+,53+/m0/s1. The number of allylic oxidation sites excluding steroid dienone is 3. The molecule has 4 rings (SSSR count). The van der Waals surface area contributed by atoms with Crippen LogP contribution in [0.4, 0.5) is 0 Å². The molecule has 2 aromatic carbocycles. The maximum atomic E-state index is 7.78. The third-order valence-electron chi connectivity index (χ3n) is 16.5. The molecule has 2 aliphatic carbocycles. The summed E-state index contributed by atoms with van der Waals surface area (Å²) in [5.41, 5.74) is 1.91. The minimum absolute atomic E-state index is 0.0300. The van der Waals surface area contributed by atoms with Crippen molar-refractivity contribution in [1.82, 2.24) is 0 Å². The minimum Gasteiger partial charge on any atom is -0.414 e. The molecule has 2 aliphatic rings. The van der Waals surface area contributed by atoms with Crippen LogP contribution in [0, 0.1) is 28.6 Å². The van der Waals surface area contributed by atoms with E-state index >= 15 is 0 Å². The van der Waals surface area contributed by atoms with Gasteiger partial charge in [0, 0.05) is 6.10 Å². The molecule has 0 saturated heterocycles. The van der Waals surface area contributed by atoms with Gasteiger partial charge < -0.3 is 13.3 Å². The van der Waals surface area contributed by atoms with E-state index < -0.39 is 25.0 Å². The van der Waals surface area contributed by atoms with E-state index in [9.17, 15) is 0 Å². The van der Waals surface area contributed by atoms with Crippen LogP contribution in [0.15, 0.2) is 84.5 Å². The second kappa shape index (κ2) is 18.7. The Kier molecular flexibility index (Phi) is 15.8. The summed E-state index contributed by atoms with van der Waals surface area (Å²) in [6, 6.07) is 22.4. The van der Waals surface area contributed by atoms with Gasteiger partial charge in [0.25, 0.3) is 8.32 Å². The molecule has 332 valence electrons. The van der Waals surface area contributed by atoms with Crippen molar-refractivity contribution in [3.05, 3.63) is 84.5 Å². The zero-order chi connectivity index (χ0) is 44.5. The lowest BCUT2D eigenvalue weighted by Crippen LogP contribution is -2.68. The predicted molar refractivity (Wildman–Crippen MR) is 266 cm³/mol. The molecule has 0 N–H and O–H groups in total. The molecule has 0 spiro atoms. The van der Waals surface area contributed by atoms with E-state index in [4.69, 9.17) is 13.3 Å². The quantitative estimate of drug-likeness (QED) is 0.167. The Morgan fingerprint density at radius 3 is 1.54 bits per heavy atom. The smallest absolute Gasteiger partial charge is 0.261 e. The first-order valence-electron chi connectivity index (χ1n) is 23.5. The van der Waals surface area contributed by atoms with Crippen LogP contribution in [0.5, 0.6) is 0 Å². The summed E-state index contributed by atoms with van der Waals surface area (Å²) in [6.45, 7) is 46.0. The fraction of sp³-hybridized carbons (Fsp3) is 0.698. The lowest BCUT2D eigenvalue weighted by Gasteiger charge is -2.48. The van der Waals surface area contributed by atoms with Gasteiger partial charge in [0.05, 0.1) is 12.2 Å². The van der Waals surface area contributed by atoms with Crippen molar-refractivity contribution < 1.29 is 13.3 Å². The van der Waals surface area contributed by atoms with Gasteiger partial charge in [0.1, 0.15) is 0 Å². The first-order valence-corrected chi connectivity index (χ1v) is 31.2. The minimum atomic E-state index is -2.64. The van der Waals surface area contributed by atoms with Gasteiger partial charge in [-0.2, -0.15) is 0 Å². The first-order chi connectivity index (χ1) is 27.0. The van der Waals surface area contributed by atoms with E-state index in [-0.39, 0.29) is 44.3 Å². The molecule has 0 aliphatic heterocycles. The lowest BCUT2D eigenvalue weighted by molar-refractivity contribution is 0.0298. The SMILES string of the molecule is CC(C)[C@@H](CC[C@H](C)[C@@]1(C)CC[C@@H](/C=C/C=C2C[C@@H](O[Si](C)(C)C(C)(C)C)C[C@H](O[Si](C)(C)C(C)(C)C)C2)C1(C)C)O[Si](c1ccccc1)(c1ccccc1)C(C)(C)C. The van der Waals surface area contributed by atoms with Crippen molar-refractivity contribution in [1.29, 1.82) is 0 Å². The van der Waals surface area contributed by atoms with Crippen molar-refractivity contribution in [2.75, 3.05) is 0 Å². The molecular weight excluding hydrogens is 769 g/mol. The van der Waals surface area contributed by atoms with Crippen LogP contribution in [0.25, 0.3) is 0 Å². The summed E-state index contributed by atoms with van der Waals surface area (Å²) in [5.74, 6) is 1.55. The topological polar surface area (TPSA) is 27.7 Å². The Morgan fingerprint density at radius 1 is 0.678 bits per heavy atom. The Balaban J connectivity index is 1.53. The molecule has 0 unspecified atom stereocenters. The van der Waals surface area contributed by atoms with E-state index in [1.165, 1.54) is 35.2 Å². The first kappa shape index (κ1) is 50.1. The Hall–Kier alpha value is -1.55. The average molecular weight is 860 g/mol. The van der Waals surface area contributed by atoms with Crippen molar-refractivity contribution in [3.63, 3.8) is 0 Å². The van der Waals surface area contributed by atoms with Crippen molar-refractivity contribution in [2.45, 2.75) is 208 Å². The van der Waals surface area contributed by atoms with Crippen LogP contribution < -0.4 is 10.4 Å². The predicted octanol–water partition coefficient (Wildman–Crippen LogP) is 14.9. The highest BCUT2D eigenvalue weighted by Gasteiger charge is 2.54. The molecule has 0 heterocycles. The second-order valence-corrected chi connectivity index (χ2v) is 37.9. The lowest BCUT2D eigenvalue weighted by atomic mass is 9.59. The fourth-order valence-corrected chi connectivity index (χ4v) is 17.5. The van der Waals surface area contributed by atoms with Crippen LogP contribution in [0.3, 0.4) is 0 Å². The van der Waals surface area contributed by atoms with Crippen LogP contribution in [0.1, 0.15) is 149 Å². The fourth-order valence-electron chi connectivity index (χ4n) is 9.92. The molecular formula is C53H90O3Si3. The molecule has 3 nitrogen and oxygen atoms in total. The molecule has 0 radical (unpaired) electrons. The molecule has 0 aromatic heterocycles. The van der Waals surface area contributed by atoms with Gasteiger partial charge in [-0.3, -0.25) is 0 Å². The summed E-state index contributed by atoms with van der Waals surface area (Å²) in [7, 11) is -6.47. The van der Waals surface area contributed by atoms with Crippen LogP contribution >= 0.6 is 0 Å². The highest BCUT2D eigenvalue weighted by molar-refractivity contribution is 6.99. The van der Waals surface area contributed by atoms with Gasteiger partial charge in [-0.25, -0.2) is 0 Å². The van der Waals surface area contributed by atoms with Crippen molar-refractivity contribution in [3.8, 4) is 0 Å². The summed E-state index contributed by atoms with van der Waals surface area (Å²) < 4.78 is 22.0. The molecule has 0 bridgehead atoms. The summed E-state index contributed by atoms with van der Waals surface area (Å²) >= 11 is 0. The molecule has 6 atom stereocenters. The van der Waals surface area contributed by atoms with Crippen LogP contribution in [-0.2, 0) is 13.3 Å². The second-order valence-electron chi connectivity index (χ2n) is 24.2. The van der Waals surface area contributed by atoms with Gasteiger partial charge in [-0.05, 0) is 125 Å². The van der Waals surface area contributed by atoms with E-state index in [2.05, 4.69) is 209 Å². The van der Waals surface area contributed by atoms with Gasteiger partial charge in [0.15, 0.2) is 16.6 Å². The van der Waals surface area contributed by atoms with Crippen molar-refractivity contribution >= 4 is 35.3 Å². The van der Waals surface area contributed by atoms with E-state index in [0.29, 0.717) is 17.8 Å². The zero-order valence-electron chi connectivity index (χ0n) is 41.6. The van der Waals surface area contributed by atoms with Crippen LogP contribution in [-0.4, -0.2) is 43.3 Å². The molecule has 2 aromatic rings. The van der Waals surface area contributed by atoms with E-state index in [0.717, 1.165) is 25.7 Å². The molecule has 0 amide bonds. The highest BCUT2D eigenvalue weighted by Crippen LogP contribution is 2.61. The maximum Gasteiger partial charge on any atom is 0.261 e. The highest BCUT2D eigenvalue weighted by atomic mass is 28.4. The van der Waals surface area contributed by atoms with E-state index in [1.807, 2.05) is 0 Å². The monoisotopic (exact) mass is 859 g/mol. The number of rotatable bonds is 15. The maximum absolute atomic E-state index is 7.78. The van der Waals surface area contributed by atoms with E-state index in [1.54, 1.807) is 0 Å². The number of hydrogen-bond donors (Lipinski definition) is 0. The third kappa shape index (κ3) is 11.2. The third-order valence-corrected chi connectivity index (χ3v) is 30.7. The average Bonchev–Trinajstić information content (AvgIpc) is 3.34. The molecule has 6 heteroatoms. The van der Waals surface area contributed by atoms with Crippen LogP contribution in [0.2, 0.25) is 41.3 Å². The normalized spacial score (nSPS) is 24.8. The number of hydrogen-bond acceptors (Lipinski definition) is 3. The summed E-state index contributed by atoms with van der Waals surface area (Å²) in [6.07, 6.45) is 15.9. The van der Waals surface area contributed by atoms with Crippen molar-refractivity contribution in [2.24, 2.45) is 28.6 Å². The Bertz CT molecular complexity index is 1610. The largest absolute Gasteiger partial charge is 0.414 e. The zero-order valence-corrected chi connectivity index (χ0v) is 44.6. The summed E-state index contributed by atoms with van der Waals surface area (Å²) in [4.78, 5) is 0. The van der Waals surface area contributed by atoms with Gasteiger partial charge >= 0.3 is 0 Å². The Labute approximate surface area is 368 Å². The van der Waals surface area contributed by atoms with Gasteiger partial charge in [-0.1, -0.05) is 188 Å². The van der Waals surface area contributed by atoms with Gasteiger partial charge in [-0.15, -0.1) is 0 Å². The summed E-state index contributed by atoms with van der Waals surface area (Å²) in [5, 5.41) is 3.09. The number of benzene rings is 2.